The second kappa shape index (κ2) is 3.69. The van der Waals surface area contributed by atoms with Gasteiger partial charge in [0.25, 0.3) is 0 Å². The third kappa shape index (κ3) is 1.64. The first-order chi connectivity index (χ1) is 8.63. The van der Waals surface area contributed by atoms with Crippen LogP contribution in [0.3, 0.4) is 0 Å². The standard InChI is InChI=1S/C12H10N4O2/c1-15-5-9(4-13-15)10-7-16-6-8(12(17)18)2-3-11(16)14-10/h2-7H,1H3,(H,17,18). The lowest BCUT2D eigenvalue weighted by Gasteiger charge is -1.95. The number of hydrogen-bond donors (Lipinski definition) is 1. The van der Waals surface area contributed by atoms with Crippen LogP contribution in [0.4, 0.5) is 0 Å². The zero-order valence-corrected chi connectivity index (χ0v) is 9.61. The van der Waals surface area contributed by atoms with E-state index in [9.17, 15) is 4.79 Å². The summed E-state index contributed by atoms with van der Waals surface area (Å²) in [6.07, 6.45) is 6.92. The van der Waals surface area contributed by atoms with Crippen LogP contribution >= 0.6 is 0 Å². The minimum absolute atomic E-state index is 0.234. The van der Waals surface area contributed by atoms with Gasteiger partial charge in [0.1, 0.15) is 5.65 Å². The molecule has 3 aromatic rings. The molecule has 18 heavy (non-hydrogen) atoms. The number of imidazole rings is 1. The normalized spacial score (nSPS) is 10.9. The Morgan fingerprint density at radius 1 is 1.28 bits per heavy atom. The molecular formula is C12H10N4O2. The SMILES string of the molecule is Cn1cc(-c2cn3cc(C(=O)O)ccc3n2)cn1. The summed E-state index contributed by atoms with van der Waals surface area (Å²) in [6, 6.07) is 3.22. The first-order valence-electron chi connectivity index (χ1n) is 5.34. The molecule has 6 nitrogen and oxygen atoms in total. The summed E-state index contributed by atoms with van der Waals surface area (Å²) in [6.45, 7) is 0. The Hall–Kier alpha value is -2.63. The van der Waals surface area contributed by atoms with Gasteiger partial charge in [0, 0.05) is 31.2 Å². The summed E-state index contributed by atoms with van der Waals surface area (Å²) in [4.78, 5) is 15.3. The van der Waals surface area contributed by atoms with Gasteiger partial charge in [0.15, 0.2) is 0 Å². The quantitative estimate of drug-likeness (QED) is 0.737. The number of pyridine rings is 1. The van der Waals surface area contributed by atoms with Gasteiger partial charge in [-0.25, -0.2) is 9.78 Å². The van der Waals surface area contributed by atoms with Gasteiger partial charge in [-0.2, -0.15) is 5.10 Å². The maximum absolute atomic E-state index is 10.9. The summed E-state index contributed by atoms with van der Waals surface area (Å²) in [5, 5.41) is 13.0. The summed E-state index contributed by atoms with van der Waals surface area (Å²) < 4.78 is 3.40. The van der Waals surface area contributed by atoms with Gasteiger partial charge in [0.05, 0.1) is 17.5 Å². The molecule has 90 valence electrons. The number of carboxylic acid groups (broad SMARTS) is 1. The molecule has 0 fully saturated rings. The van der Waals surface area contributed by atoms with E-state index in [0.717, 1.165) is 11.3 Å². The number of rotatable bonds is 2. The van der Waals surface area contributed by atoms with Gasteiger partial charge in [0.2, 0.25) is 0 Å². The van der Waals surface area contributed by atoms with Crippen LogP contribution in [0, 0.1) is 0 Å². The molecule has 0 radical (unpaired) electrons. The number of nitrogens with zero attached hydrogens (tertiary/aromatic N) is 4. The first-order valence-corrected chi connectivity index (χ1v) is 5.34. The Balaban J connectivity index is 2.13. The Morgan fingerprint density at radius 3 is 2.78 bits per heavy atom. The average Bonchev–Trinajstić information content (AvgIpc) is 2.93. The van der Waals surface area contributed by atoms with Gasteiger partial charge >= 0.3 is 5.97 Å². The second-order valence-electron chi connectivity index (χ2n) is 4.02. The van der Waals surface area contributed by atoms with Gasteiger partial charge in [-0.15, -0.1) is 0 Å². The van der Waals surface area contributed by atoms with Crippen molar-refractivity contribution in [3.63, 3.8) is 0 Å². The van der Waals surface area contributed by atoms with E-state index >= 15 is 0 Å². The zero-order chi connectivity index (χ0) is 12.7. The van der Waals surface area contributed by atoms with Crippen LogP contribution in [0.1, 0.15) is 10.4 Å². The highest BCUT2D eigenvalue weighted by Crippen LogP contribution is 2.18. The lowest BCUT2D eigenvalue weighted by Crippen LogP contribution is -1.97. The van der Waals surface area contributed by atoms with Gasteiger partial charge in [-0.1, -0.05) is 0 Å². The molecule has 0 spiro atoms. The van der Waals surface area contributed by atoms with E-state index in [0.29, 0.717) is 5.65 Å². The van der Waals surface area contributed by atoms with Crippen LogP contribution in [-0.2, 0) is 7.05 Å². The molecule has 1 N–H and O–H groups in total. The fourth-order valence-corrected chi connectivity index (χ4v) is 1.81. The van der Waals surface area contributed by atoms with E-state index in [1.54, 1.807) is 33.7 Å². The Morgan fingerprint density at radius 2 is 2.11 bits per heavy atom. The average molecular weight is 242 g/mol. The van der Waals surface area contributed by atoms with Gasteiger partial charge < -0.3 is 9.51 Å². The van der Waals surface area contributed by atoms with Gasteiger partial charge in [-0.3, -0.25) is 4.68 Å². The van der Waals surface area contributed by atoms with Crippen molar-refractivity contribution < 1.29 is 9.90 Å². The van der Waals surface area contributed by atoms with Crippen molar-refractivity contribution in [2.45, 2.75) is 0 Å². The summed E-state index contributed by atoms with van der Waals surface area (Å²) in [5.74, 6) is -0.950. The second-order valence-corrected chi connectivity index (χ2v) is 4.02. The third-order valence-electron chi connectivity index (χ3n) is 2.70. The smallest absolute Gasteiger partial charge is 0.337 e. The molecule has 0 atom stereocenters. The maximum Gasteiger partial charge on any atom is 0.337 e. The predicted octanol–water partition coefficient (Wildman–Crippen LogP) is 1.43. The molecule has 0 saturated carbocycles. The molecule has 0 aliphatic heterocycles. The molecular weight excluding hydrogens is 232 g/mol. The lowest BCUT2D eigenvalue weighted by atomic mass is 10.3. The molecule has 0 aliphatic carbocycles. The highest BCUT2D eigenvalue weighted by Gasteiger charge is 2.08. The zero-order valence-electron chi connectivity index (χ0n) is 9.61. The van der Waals surface area contributed by atoms with Crippen molar-refractivity contribution in [2.24, 2.45) is 7.05 Å². The molecule has 3 aromatic heterocycles. The van der Waals surface area contributed by atoms with Crippen LogP contribution in [0.25, 0.3) is 16.9 Å². The molecule has 3 rings (SSSR count). The van der Waals surface area contributed by atoms with Crippen molar-refractivity contribution in [1.82, 2.24) is 19.2 Å². The van der Waals surface area contributed by atoms with Crippen LogP contribution < -0.4 is 0 Å². The van der Waals surface area contributed by atoms with E-state index in [1.807, 2.05) is 13.2 Å². The summed E-state index contributed by atoms with van der Waals surface area (Å²) >= 11 is 0. The molecule has 0 unspecified atom stereocenters. The van der Waals surface area contributed by atoms with E-state index < -0.39 is 5.97 Å². The number of carbonyl (C=O) groups is 1. The van der Waals surface area contributed by atoms with Crippen LogP contribution in [0.15, 0.2) is 36.9 Å². The van der Waals surface area contributed by atoms with Crippen LogP contribution in [-0.4, -0.2) is 30.2 Å². The lowest BCUT2D eigenvalue weighted by molar-refractivity contribution is 0.0696. The van der Waals surface area contributed by atoms with Crippen LogP contribution in [0.2, 0.25) is 0 Å². The number of aromatic nitrogens is 4. The molecule has 0 aliphatic rings. The van der Waals surface area contributed by atoms with Crippen LogP contribution in [0.5, 0.6) is 0 Å². The Bertz CT molecular complexity index is 741. The number of hydrogen-bond acceptors (Lipinski definition) is 3. The Kier molecular flexibility index (Phi) is 2.16. The van der Waals surface area contributed by atoms with E-state index in [-0.39, 0.29) is 5.56 Å². The number of carboxylic acids is 1. The topological polar surface area (TPSA) is 72.4 Å². The number of fused-ring (bicyclic) bond motifs is 1. The van der Waals surface area contributed by atoms with E-state index in [2.05, 4.69) is 10.1 Å². The molecule has 0 bridgehead atoms. The largest absolute Gasteiger partial charge is 0.478 e. The maximum atomic E-state index is 10.9. The van der Waals surface area contributed by atoms with Crippen molar-refractivity contribution in [3.8, 4) is 11.3 Å². The van der Waals surface area contributed by atoms with Crippen molar-refractivity contribution in [3.05, 3.63) is 42.5 Å². The van der Waals surface area contributed by atoms with Gasteiger partial charge in [-0.05, 0) is 12.1 Å². The minimum atomic E-state index is -0.950. The third-order valence-corrected chi connectivity index (χ3v) is 2.70. The molecule has 0 saturated heterocycles. The fraction of sp³-hybridized carbons (Fsp3) is 0.0833. The molecule has 0 aromatic carbocycles. The van der Waals surface area contributed by atoms with Crippen molar-refractivity contribution >= 4 is 11.6 Å². The van der Waals surface area contributed by atoms with E-state index in [1.165, 1.54) is 6.07 Å². The highest BCUT2D eigenvalue weighted by molar-refractivity contribution is 5.87. The number of aromatic carboxylic acids is 1. The van der Waals surface area contributed by atoms with Crippen molar-refractivity contribution in [2.75, 3.05) is 0 Å². The number of aryl methyl sites for hydroxylation is 1. The summed E-state index contributed by atoms with van der Waals surface area (Å²) in [5.41, 5.74) is 2.61. The monoisotopic (exact) mass is 242 g/mol. The fourth-order valence-electron chi connectivity index (χ4n) is 1.81. The summed E-state index contributed by atoms with van der Waals surface area (Å²) in [7, 11) is 1.84. The molecule has 6 heteroatoms. The highest BCUT2D eigenvalue weighted by atomic mass is 16.4. The van der Waals surface area contributed by atoms with E-state index in [4.69, 9.17) is 5.11 Å². The molecule has 0 amide bonds. The molecule has 3 heterocycles. The Labute approximate surface area is 102 Å². The predicted molar refractivity (Wildman–Crippen MR) is 64.4 cm³/mol. The first kappa shape index (κ1) is 10.5. The van der Waals surface area contributed by atoms with Crippen molar-refractivity contribution in [1.29, 1.82) is 0 Å². The minimum Gasteiger partial charge on any atom is -0.478 e.